The predicted molar refractivity (Wildman–Crippen MR) is 112 cm³/mol. The lowest BCUT2D eigenvalue weighted by molar-refractivity contribution is -0.133. The van der Waals surface area contributed by atoms with E-state index in [-0.39, 0.29) is 35.9 Å². The summed E-state index contributed by atoms with van der Waals surface area (Å²) in [4.78, 5) is 25.9. The van der Waals surface area contributed by atoms with Crippen LogP contribution in [0.5, 0.6) is 0 Å². The highest BCUT2D eigenvalue weighted by molar-refractivity contribution is 6.10. The Kier molecular flexibility index (Phi) is 5.52. The zero-order valence-corrected chi connectivity index (χ0v) is 17.7. The largest absolute Gasteiger partial charge is 0.299 e. The number of ketones is 2. The van der Waals surface area contributed by atoms with Crippen molar-refractivity contribution < 1.29 is 18.4 Å². The second-order valence-corrected chi connectivity index (χ2v) is 8.44. The van der Waals surface area contributed by atoms with Gasteiger partial charge in [0.1, 0.15) is 34.8 Å². The molecule has 0 amide bonds. The first-order valence-corrected chi connectivity index (χ1v) is 10.2. The molecule has 7 heteroatoms. The molecule has 1 aliphatic carbocycles. The van der Waals surface area contributed by atoms with Crippen LogP contribution in [0.2, 0.25) is 0 Å². The summed E-state index contributed by atoms with van der Waals surface area (Å²) in [6.07, 6.45) is 2.11. The number of halogens is 2. The molecule has 0 aliphatic heterocycles. The van der Waals surface area contributed by atoms with Gasteiger partial charge in [-0.3, -0.25) is 14.3 Å². The Bertz CT molecular complexity index is 1120. The lowest BCUT2D eigenvalue weighted by Crippen LogP contribution is -2.34. The molecule has 1 heterocycles. The summed E-state index contributed by atoms with van der Waals surface area (Å²) in [6.45, 7) is 6.21. The van der Waals surface area contributed by atoms with E-state index in [1.54, 1.807) is 6.20 Å². The van der Waals surface area contributed by atoms with Gasteiger partial charge in [0.25, 0.3) is 0 Å². The first-order valence-electron chi connectivity index (χ1n) is 10.2. The van der Waals surface area contributed by atoms with E-state index >= 15 is 0 Å². The molecular formula is C24H23F2N3O2. The Morgan fingerprint density at radius 3 is 2.10 bits per heavy atom. The topological polar surface area (TPSA) is 64.8 Å². The fraction of sp³-hybridized carbons (Fsp3) is 0.333. The van der Waals surface area contributed by atoms with Crippen LogP contribution < -0.4 is 0 Å². The molecule has 0 unspecified atom stereocenters. The second kappa shape index (κ2) is 8.13. The van der Waals surface area contributed by atoms with Gasteiger partial charge >= 0.3 is 0 Å². The van der Waals surface area contributed by atoms with Crippen molar-refractivity contribution in [3.8, 4) is 11.3 Å². The number of aromatic nitrogens is 3. The fourth-order valence-electron chi connectivity index (χ4n) is 4.64. The third-order valence-electron chi connectivity index (χ3n) is 5.79. The minimum Gasteiger partial charge on any atom is -0.299 e. The third-order valence-corrected chi connectivity index (χ3v) is 5.79. The lowest BCUT2D eigenvalue weighted by Gasteiger charge is -2.28. The molecule has 1 aromatic heterocycles. The molecule has 160 valence electrons. The molecule has 1 saturated carbocycles. The molecule has 0 bridgehead atoms. The van der Waals surface area contributed by atoms with Crippen LogP contribution in [0, 0.1) is 38.3 Å². The van der Waals surface area contributed by atoms with Crippen LogP contribution in [0.15, 0.2) is 36.5 Å². The maximum Gasteiger partial charge on any atom is 0.148 e. The smallest absolute Gasteiger partial charge is 0.148 e. The number of hydrogen-bond donors (Lipinski definition) is 0. The summed E-state index contributed by atoms with van der Waals surface area (Å²) in [5.41, 5.74) is 4.47. The van der Waals surface area contributed by atoms with E-state index in [1.165, 1.54) is 16.8 Å². The van der Waals surface area contributed by atoms with E-state index in [0.29, 0.717) is 12.2 Å². The summed E-state index contributed by atoms with van der Waals surface area (Å²) < 4.78 is 28.4. The molecule has 2 aromatic carbocycles. The van der Waals surface area contributed by atoms with Crippen molar-refractivity contribution in [2.24, 2.45) is 5.92 Å². The van der Waals surface area contributed by atoms with Crippen molar-refractivity contribution in [3.05, 3.63) is 70.4 Å². The van der Waals surface area contributed by atoms with Crippen LogP contribution in [-0.4, -0.2) is 26.6 Å². The van der Waals surface area contributed by atoms with Crippen LogP contribution in [0.25, 0.3) is 11.3 Å². The van der Waals surface area contributed by atoms with E-state index in [9.17, 15) is 18.4 Å². The number of aryl methyl sites for hydroxylation is 3. The van der Waals surface area contributed by atoms with Gasteiger partial charge < -0.3 is 0 Å². The average molecular weight is 423 g/mol. The monoisotopic (exact) mass is 423 g/mol. The highest BCUT2D eigenvalue weighted by atomic mass is 19.1. The molecule has 3 aromatic rings. The Hall–Kier alpha value is -3.22. The Morgan fingerprint density at radius 2 is 1.52 bits per heavy atom. The molecule has 0 saturated heterocycles. The van der Waals surface area contributed by atoms with Crippen LogP contribution in [0.4, 0.5) is 8.78 Å². The zero-order valence-electron chi connectivity index (χ0n) is 17.7. The van der Waals surface area contributed by atoms with Gasteiger partial charge in [0.15, 0.2) is 0 Å². The number of hydrogen-bond acceptors (Lipinski definition) is 4. The first-order chi connectivity index (χ1) is 14.7. The molecular weight excluding hydrogens is 400 g/mol. The highest BCUT2D eigenvalue weighted by Crippen LogP contribution is 2.35. The van der Waals surface area contributed by atoms with E-state index in [0.717, 1.165) is 28.3 Å². The quantitative estimate of drug-likeness (QED) is 0.581. The van der Waals surface area contributed by atoms with Crippen molar-refractivity contribution >= 4 is 11.6 Å². The van der Waals surface area contributed by atoms with Crippen LogP contribution in [0.3, 0.4) is 0 Å². The van der Waals surface area contributed by atoms with Gasteiger partial charge in [0, 0.05) is 31.0 Å². The van der Waals surface area contributed by atoms with Crippen LogP contribution >= 0.6 is 0 Å². The minimum atomic E-state index is -0.710. The van der Waals surface area contributed by atoms with E-state index < -0.39 is 17.6 Å². The standard InChI is InChI=1S/C24H23F2N3O2/c1-13-4-14(2)23(15(3)5-13)24-21(30)6-16(7-22(24)31)11-29-12-20(27-28-29)17-8-18(25)10-19(26)9-17/h4-5,8-10,12,16,24H,6-7,11H2,1-3H3. The molecule has 31 heavy (non-hydrogen) atoms. The SMILES string of the molecule is Cc1cc(C)c(C2C(=O)CC(Cn3cc(-c4cc(F)cc(F)c4)nn3)CC2=O)c(C)c1. The number of carbonyl (C=O) groups is 2. The molecule has 4 rings (SSSR count). The summed E-state index contributed by atoms with van der Waals surface area (Å²) in [7, 11) is 0. The summed E-state index contributed by atoms with van der Waals surface area (Å²) in [5.74, 6) is -2.45. The average Bonchev–Trinajstić information content (AvgIpc) is 3.11. The maximum atomic E-state index is 13.5. The number of Topliss-reactive ketones (excluding diaryl/α,β-unsaturated/α-hetero) is 2. The normalized spacial score (nSPS) is 19.1. The highest BCUT2D eigenvalue weighted by Gasteiger charge is 2.38. The van der Waals surface area contributed by atoms with Gasteiger partial charge in [-0.05, 0) is 55.5 Å². The molecule has 0 atom stereocenters. The number of benzene rings is 2. The van der Waals surface area contributed by atoms with Crippen molar-refractivity contribution in [2.45, 2.75) is 46.1 Å². The fourth-order valence-corrected chi connectivity index (χ4v) is 4.64. The molecule has 1 aliphatic rings. The van der Waals surface area contributed by atoms with E-state index in [4.69, 9.17) is 0 Å². The van der Waals surface area contributed by atoms with Crippen LogP contribution in [-0.2, 0) is 16.1 Å². The Labute approximate surface area is 179 Å². The first kappa shape index (κ1) is 21.0. The summed E-state index contributed by atoms with van der Waals surface area (Å²) in [6, 6.07) is 7.16. The van der Waals surface area contributed by atoms with Gasteiger partial charge in [-0.1, -0.05) is 22.9 Å². The van der Waals surface area contributed by atoms with Crippen molar-refractivity contribution in [2.75, 3.05) is 0 Å². The van der Waals surface area contributed by atoms with Gasteiger partial charge in [0.2, 0.25) is 0 Å². The maximum absolute atomic E-state index is 13.5. The predicted octanol–water partition coefficient (Wildman–Crippen LogP) is 4.48. The van der Waals surface area contributed by atoms with E-state index in [1.807, 2.05) is 32.9 Å². The zero-order chi connectivity index (χ0) is 22.3. The van der Waals surface area contributed by atoms with Crippen molar-refractivity contribution in [1.82, 2.24) is 15.0 Å². The third kappa shape index (κ3) is 4.31. The van der Waals surface area contributed by atoms with Gasteiger partial charge in [0.05, 0.1) is 6.20 Å². The van der Waals surface area contributed by atoms with E-state index in [2.05, 4.69) is 10.3 Å². The van der Waals surface area contributed by atoms with Crippen LogP contribution in [0.1, 0.15) is 41.0 Å². The number of rotatable bonds is 4. The molecule has 0 N–H and O–H groups in total. The molecule has 5 nitrogen and oxygen atoms in total. The summed E-state index contributed by atoms with van der Waals surface area (Å²) >= 11 is 0. The van der Waals surface area contributed by atoms with Crippen molar-refractivity contribution in [1.29, 1.82) is 0 Å². The Morgan fingerprint density at radius 1 is 0.935 bits per heavy atom. The van der Waals surface area contributed by atoms with Gasteiger partial charge in [-0.2, -0.15) is 0 Å². The molecule has 0 spiro atoms. The molecule has 1 fully saturated rings. The number of carbonyl (C=O) groups excluding carboxylic acids is 2. The summed E-state index contributed by atoms with van der Waals surface area (Å²) in [5, 5.41) is 7.99. The van der Waals surface area contributed by atoms with Crippen molar-refractivity contribution in [3.63, 3.8) is 0 Å². The Balaban J connectivity index is 1.50. The lowest BCUT2D eigenvalue weighted by atomic mass is 9.74. The molecule has 0 radical (unpaired) electrons. The van der Waals surface area contributed by atoms with Gasteiger partial charge in [-0.15, -0.1) is 5.10 Å². The minimum absolute atomic E-state index is 0.0798. The van der Waals surface area contributed by atoms with Gasteiger partial charge in [-0.25, -0.2) is 8.78 Å². The number of nitrogens with zero attached hydrogens (tertiary/aromatic N) is 3. The second-order valence-electron chi connectivity index (χ2n) is 8.44.